The molecule has 5 N–H and O–H groups in total. The van der Waals surface area contributed by atoms with Crippen LogP contribution in [0.4, 0.5) is 0 Å². The van der Waals surface area contributed by atoms with Crippen LogP contribution in [-0.2, 0) is 45.9 Å². The fraction of sp³-hybridized carbons (Fsp3) is 0.265. The summed E-state index contributed by atoms with van der Waals surface area (Å²) in [4.78, 5) is 14.2. The average molecular weight is 680 g/mol. The van der Waals surface area contributed by atoms with Gasteiger partial charge >= 0.3 is 0 Å². The summed E-state index contributed by atoms with van der Waals surface area (Å²) in [7, 11) is -8.22. The first-order valence-corrected chi connectivity index (χ1v) is 18.2. The van der Waals surface area contributed by atoms with Gasteiger partial charge in [0, 0.05) is 26.2 Å². The van der Waals surface area contributed by atoms with E-state index in [4.69, 9.17) is 0 Å². The van der Waals surface area contributed by atoms with Crippen LogP contribution in [0.5, 0.6) is 17.2 Å². The molecule has 248 valence electrons. The van der Waals surface area contributed by atoms with Crippen molar-refractivity contribution in [3.05, 3.63) is 113 Å². The Morgan fingerprint density at radius 1 is 0.681 bits per heavy atom. The highest BCUT2D eigenvalue weighted by Crippen LogP contribution is 2.43. The maximum atomic E-state index is 13.6. The lowest BCUT2D eigenvalue weighted by Crippen LogP contribution is -2.36. The van der Waals surface area contributed by atoms with E-state index < -0.39 is 53.7 Å². The number of sulfonamides is 2. The Kier molecular flexibility index (Phi) is 10.5. The first-order chi connectivity index (χ1) is 22.5. The van der Waals surface area contributed by atoms with Gasteiger partial charge < -0.3 is 20.2 Å². The second kappa shape index (κ2) is 14.6. The number of phenols is 3. The summed E-state index contributed by atoms with van der Waals surface area (Å²) in [5.74, 6) is -3.96. The molecular formula is C34H37N3O8S2. The average Bonchev–Trinajstić information content (AvgIpc) is 3.07. The maximum absolute atomic E-state index is 13.6. The molecule has 0 unspecified atom stereocenters. The summed E-state index contributed by atoms with van der Waals surface area (Å²) in [5.41, 5.74) is 3.01. The van der Waals surface area contributed by atoms with Crippen molar-refractivity contribution in [2.24, 2.45) is 0 Å². The SMILES string of the molecule is O=C(c1cc(S(=O)(=O)NCCCCc2ccccc2)c(O)c(O)c1O)N1CCc2ccc(S(=O)(=O)NCCc3ccccc3)cc2C1. The number of nitrogens with one attached hydrogen (secondary N) is 2. The van der Waals surface area contributed by atoms with Crippen LogP contribution in [0, 0.1) is 0 Å². The zero-order valence-electron chi connectivity index (χ0n) is 25.6. The predicted octanol–water partition coefficient (Wildman–Crippen LogP) is 3.82. The van der Waals surface area contributed by atoms with Gasteiger partial charge in [-0.1, -0.05) is 66.7 Å². The molecule has 47 heavy (non-hydrogen) atoms. The molecule has 11 nitrogen and oxygen atoms in total. The standard InChI is InChI=1S/C34H37N3O8S2/c38-31-29(22-30(32(39)33(31)40)47(44,45)35-18-8-7-13-24-9-3-1-4-10-24)34(41)37-20-17-26-14-15-28(21-27(26)23-37)46(42,43)36-19-16-25-11-5-2-6-12-25/h1-6,9-12,14-15,21-22,35-36,38-40H,7-8,13,16-20,23H2. The Balaban J connectivity index is 1.27. The number of rotatable bonds is 13. The molecular weight excluding hydrogens is 643 g/mol. The topological polar surface area (TPSA) is 173 Å². The highest BCUT2D eigenvalue weighted by molar-refractivity contribution is 7.89. The van der Waals surface area contributed by atoms with Crippen LogP contribution in [-0.4, -0.2) is 62.6 Å². The molecule has 4 aromatic rings. The lowest BCUT2D eigenvalue weighted by Gasteiger charge is -2.29. The smallest absolute Gasteiger partial charge is 0.258 e. The van der Waals surface area contributed by atoms with Gasteiger partial charge in [-0.05, 0) is 72.6 Å². The molecule has 0 saturated carbocycles. The molecule has 1 amide bonds. The van der Waals surface area contributed by atoms with Gasteiger partial charge in [-0.15, -0.1) is 0 Å². The molecule has 1 aliphatic rings. The van der Waals surface area contributed by atoms with Crippen molar-refractivity contribution in [1.29, 1.82) is 0 Å². The number of benzene rings is 4. The fourth-order valence-electron chi connectivity index (χ4n) is 5.48. The molecule has 0 fully saturated rings. The van der Waals surface area contributed by atoms with Crippen LogP contribution in [0.15, 0.2) is 94.7 Å². The van der Waals surface area contributed by atoms with Crippen LogP contribution in [0.2, 0.25) is 0 Å². The van der Waals surface area contributed by atoms with Crippen LogP contribution in [0.1, 0.15) is 45.5 Å². The molecule has 0 aromatic heterocycles. The minimum Gasteiger partial charge on any atom is -0.504 e. The van der Waals surface area contributed by atoms with Crippen molar-refractivity contribution >= 4 is 26.0 Å². The third-order valence-corrected chi connectivity index (χ3v) is 11.0. The minimum atomic E-state index is -4.37. The highest BCUT2D eigenvalue weighted by atomic mass is 32.2. The molecule has 0 saturated heterocycles. The molecule has 0 aliphatic carbocycles. The zero-order valence-corrected chi connectivity index (χ0v) is 27.2. The number of carbonyl (C=O) groups excluding carboxylic acids is 1. The molecule has 0 bridgehead atoms. The lowest BCUT2D eigenvalue weighted by molar-refractivity contribution is 0.0730. The van der Waals surface area contributed by atoms with E-state index in [0.717, 1.165) is 29.2 Å². The van der Waals surface area contributed by atoms with Crippen LogP contribution in [0.25, 0.3) is 0 Å². The van der Waals surface area contributed by atoms with Crippen molar-refractivity contribution in [3.8, 4) is 17.2 Å². The lowest BCUT2D eigenvalue weighted by atomic mass is 9.99. The first-order valence-electron chi connectivity index (χ1n) is 15.2. The molecule has 0 spiro atoms. The number of aryl methyl sites for hydroxylation is 1. The van der Waals surface area contributed by atoms with E-state index in [9.17, 15) is 36.9 Å². The molecule has 5 rings (SSSR count). The number of nitrogens with zero attached hydrogens (tertiary/aromatic N) is 1. The van der Waals surface area contributed by atoms with E-state index >= 15 is 0 Å². The van der Waals surface area contributed by atoms with Gasteiger partial charge in [-0.25, -0.2) is 26.3 Å². The van der Waals surface area contributed by atoms with Crippen molar-refractivity contribution in [1.82, 2.24) is 14.3 Å². The molecule has 0 atom stereocenters. The first kappa shape index (κ1) is 33.9. The van der Waals surface area contributed by atoms with E-state index in [1.165, 1.54) is 17.0 Å². The Hall–Kier alpha value is -4.43. The third kappa shape index (κ3) is 8.11. The number of hydrogen-bond donors (Lipinski definition) is 5. The zero-order chi connectivity index (χ0) is 33.6. The fourth-order valence-corrected chi connectivity index (χ4v) is 7.75. The third-order valence-electron chi connectivity index (χ3n) is 8.10. The van der Waals surface area contributed by atoms with Crippen LogP contribution >= 0.6 is 0 Å². The van der Waals surface area contributed by atoms with E-state index in [-0.39, 0.29) is 31.1 Å². The second-order valence-electron chi connectivity index (χ2n) is 11.3. The number of unbranched alkanes of at least 4 members (excludes halogenated alkanes) is 1. The van der Waals surface area contributed by atoms with Gasteiger partial charge in [0.05, 0.1) is 10.5 Å². The number of fused-ring (bicyclic) bond motifs is 1. The van der Waals surface area contributed by atoms with E-state index in [0.29, 0.717) is 31.2 Å². The number of phenolic OH excluding ortho intramolecular Hbond substituents is 3. The summed E-state index contributed by atoms with van der Waals surface area (Å²) in [6.07, 6.45) is 2.84. The van der Waals surface area contributed by atoms with Crippen molar-refractivity contribution in [2.75, 3.05) is 19.6 Å². The quantitative estimate of drug-likeness (QED) is 0.105. The molecule has 1 heterocycles. The predicted molar refractivity (Wildman–Crippen MR) is 176 cm³/mol. The summed E-state index contributed by atoms with van der Waals surface area (Å²) in [6, 6.07) is 24.7. The van der Waals surface area contributed by atoms with E-state index in [1.54, 1.807) is 6.07 Å². The second-order valence-corrected chi connectivity index (χ2v) is 14.9. The van der Waals surface area contributed by atoms with Gasteiger partial charge in [0.2, 0.25) is 25.8 Å². The molecule has 13 heteroatoms. The number of amides is 1. The van der Waals surface area contributed by atoms with Crippen LogP contribution in [0.3, 0.4) is 0 Å². The number of aromatic hydroxyl groups is 3. The summed E-state index contributed by atoms with van der Waals surface area (Å²) >= 11 is 0. The van der Waals surface area contributed by atoms with Crippen molar-refractivity contribution in [3.63, 3.8) is 0 Å². The van der Waals surface area contributed by atoms with Crippen molar-refractivity contribution in [2.45, 2.75) is 48.4 Å². The Labute approximate surface area is 274 Å². The number of carbonyl (C=O) groups is 1. The maximum Gasteiger partial charge on any atom is 0.258 e. The summed E-state index contributed by atoms with van der Waals surface area (Å²) in [6.45, 7) is 0.417. The van der Waals surface area contributed by atoms with Gasteiger partial charge in [-0.2, -0.15) is 0 Å². The molecule has 4 aromatic carbocycles. The normalized spacial score (nSPS) is 13.3. The summed E-state index contributed by atoms with van der Waals surface area (Å²) < 4.78 is 57.2. The molecule has 0 radical (unpaired) electrons. The Morgan fingerprint density at radius 3 is 2.00 bits per heavy atom. The van der Waals surface area contributed by atoms with Gasteiger partial charge in [0.15, 0.2) is 11.5 Å². The Bertz CT molecular complexity index is 1950. The number of hydrogen-bond acceptors (Lipinski definition) is 8. The van der Waals surface area contributed by atoms with Gasteiger partial charge in [0.1, 0.15) is 4.90 Å². The van der Waals surface area contributed by atoms with Gasteiger partial charge in [-0.3, -0.25) is 4.79 Å². The van der Waals surface area contributed by atoms with E-state index in [1.807, 2.05) is 60.7 Å². The highest BCUT2D eigenvalue weighted by Gasteiger charge is 2.31. The summed E-state index contributed by atoms with van der Waals surface area (Å²) in [5, 5.41) is 31.4. The monoisotopic (exact) mass is 679 g/mol. The minimum absolute atomic E-state index is 0.0234. The molecule has 1 aliphatic heterocycles. The van der Waals surface area contributed by atoms with E-state index in [2.05, 4.69) is 9.44 Å². The van der Waals surface area contributed by atoms with Gasteiger partial charge in [0.25, 0.3) is 5.91 Å². The van der Waals surface area contributed by atoms with Crippen LogP contribution < -0.4 is 9.44 Å². The van der Waals surface area contributed by atoms with Crippen molar-refractivity contribution < 1.29 is 36.9 Å². The Morgan fingerprint density at radius 2 is 1.32 bits per heavy atom. The largest absolute Gasteiger partial charge is 0.504 e.